The van der Waals surface area contributed by atoms with Crippen LogP contribution < -0.4 is 21.3 Å². The van der Waals surface area contributed by atoms with Gasteiger partial charge in [-0.15, -0.1) is 11.3 Å². The van der Waals surface area contributed by atoms with Crippen molar-refractivity contribution in [3.8, 4) is 17.1 Å². The molecule has 0 bridgehead atoms. The Morgan fingerprint density at radius 3 is 2.59 bits per heavy atom. The minimum Gasteiger partial charge on any atom is -0.488 e. The number of nitrogens with one attached hydrogen (secondary N) is 2. The first kappa shape index (κ1) is 26.7. The van der Waals surface area contributed by atoms with Crippen LogP contribution in [0.2, 0.25) is 0 Å². The van der Waals surface area contributed by atoms with Gasteiger partial charge in [0.1, 0.15) is 23.0 Å². The summed E-state index contributed by atoms with van der Waals surface area (Å²) in [5.41, 5.74) is 12.3. The van der Waals surface area contributed by atoms with Crippen molar-refractivity contribution in [2.24, 2.45) is 0 Å². The fraction of sp³-hybridized carbons (Fsp3) is 0.219. The lowest BCUT2D eigenvalue weighted by molar-refractivity contribution is 0.102. The molecular formula is C32H31N5O3S. The molecule has 0 aliphatic carbocycles. The summed E-state index contributed by atoms with van der Waals surface area (Å²) < 4.78 is 6.20. The molecule has 0 fully saturated rings. The first-order chi connectivity index (χ1) is 19.8. The molecule has 1 amide bonds. The van der Waals surface area contributed by atoms with Crippen molar-refractivity contribution in [1.82, 2.24) is 14.9 Å². The number of nitrogen functional groups attached to an aromatic ring is 1. The van der Waals surface area contributed by atoms with E-state index in [-0.39, 0.29) is 11.5 Å². The Morgan fingerprint density at radius 1 is 1.12 bits per heavy atom. The molecule has 9 heteroatoms. The van der Waals surface area contributed by atoms with Crippen molar-refractivity contribution in [2.45, 2.75) is 33.4 Å². The number of aromatic amines is 1. The normalized spacial score (nSPS) is 13.2. The maximum Gasteiger partial charge on any atom is 0.260 e. The molecule has 3 heterocycles. The summed E-state index contributed by atoms with van der Waals surface area (Å²) in [4.78, 5) is 37.9. The molecule has 5 aromatic rings. The average molecular weight is 566 g/mol. The Hall–Kier alpha value is -4.47. The number of carbonyl (C=O) groups is 1. The fourth-order valence-electron chi connectivity index (χ4n) is 5.29. The van der Waals surface area contributed by atoms with Gasteiger partial charge in [0.2, 0.25) is 0 Å². The second kappa shape index (κ2) is 10.8. The number of carbonyl (C=O) groups excluding carboxylic acids is 1. The number of amides is 1. The monoisotopic (exact) mass is 565 g/mol. The molecular weight excluding hydrogens is 534 g/mol. The Kier molecular flexibility index (Phi) is 7.07. The minimum atomic E-state index is -0.225. The highest BCUT2D eigenvalue weighted by molar-refractivity contribution is 7.18. The van der Waals surface area contributed by atoms with Crippen molar-refractivity contribution in [3.63, 3.8) is 0 Å². The third kappa shape index (κ3) is 5.33. The largest absolute Gasteiger partial charge is 0.488 e. The van der Waals surface area contributed by atoms with E-state index in [0.29, 0.717) is 29.4 Å². The van der Waals surface area contributed by atoms with Crippen LogP contribution in [0, 0.1) is 13.8 Å². The van der Waals surface area contributed by atoms with Gasteiger partial charge in [0.05, 0.1) is 16.8 Å². The summed E-state index contributed by atoms with van der Waals surface area (Å²) in [7, 11) is 2.10. The van der Waals surface area contributed by atoms with Crippen LogP contribution in [-0.4, -0.2) is 34.4 Å². The average Bonchev–Trinajstić information content (AvgIpc) is 3.32. The van der Waals surface area contributed by atoms with Gasteiger partial charge < -0.3 is 25.7 Å². The SMILES string of the molecule is Cc1cc(-c2nc3sc4c(c3c(=O)[nH]2)CCN(C)C4)cc(C)c1OCc1ccc(C(=O)Nc2ccccc2N)cc1. The summed E-state index contributed by atoms with van der Waals surface area (Å²) in [6, 6.07) is 18.5. The topological polar surface area (TPSA) is 113 Å². The molecule has 0 spiro atoms. The summed E-state index contributed by atoms with van der Waals surface area (Å²) >= 11 is 1.62. The third-order valence-corrected chi connectivity index (χ3v) is 8.55. The molecule has 0 saturated heterocycles. The van der Waals surface area contributed by atoms with E-state index in [1.54, 1.807) is 35.6 Å². The molecule has 41 heavy (non-hydrogen) atoms. The fourth-order valence-corrected chi connectivity index (χ4v) is 6.59. The van der Waals surface area contributed by atoms with Crippen molar-refractivity contribution in [2.75, 3.05) is 24.6 Å². The number of anilines is 2. The molecule has 3 aromatic carbocycles. The zero-order chi connectivity index (χ0) is 28.7. The first-order valence-corrected chi connectivity index (χ1v) is 14.3. The first-order valence-electron chi connectivity index (χ1n) is 13.5. The number of rotatable bonds is 6. The van der Waals surface area contributed by atoms with Gasteiger partial charge in [-0.25, -0.2) is 4.98 Å². The van der Waals surface area contributed by atoms with Crippen molar-refractivity contribution in [3.05, 3.63) is 104 Å². The zero-order valence-corrected chi connectivity index (χ0v) is 24.0. The van der Waals surface area contributed by atoms with Crippen LogP contribution in [0.25, 0.3) is 21.6 Å². The quantitative estimate of drug-likeness (QED) is 0.229. The lowest BCUT2D eigenvalue weighted by Gasteiger charge is -2.21. The zero-order valence-electron chi connectivity index (χ0n) is 23.2. The Morgan fingerprint density at radius 2 is 1.85 bits per heavy atom. The molecule has 208 valence electrons. The maximum atomic E-state index is 13.1. The number of para-hydroxylation sites is 2. The predicted molar refractivity (Wildman–Crippen MR) is 165 cm³/mol. The van der Waals surface area contributed by atoms with Gasteiger partial charge in [0.25, 0.3) is 11.5 Å². The number of likely N-dealkylation sites (N-methyl/N-ethyl adjacent to an activating group) is 1. The minimum absolute atomic E-state index is 0.0768. The van der Waals surface area contributed by atoms with Gasteiger partial charge >= 0.3 is 0 Å². The van der Waals surface area contributed by atoms with Crippen LogP contribution in [0.3, 0.4) is 0 Å². The third-order valence-electron chi connectivity index (χ3n) is 7.44. The summed E-state index contributed by atoms with van der Waals surface area (Å²) in [6.07, 6.45) is 0.874. The molecule has 1 aliphatic heterocycles. The lowest BCUT2D eigenvalue weighted by Crippen LogP contribution is -2.25. The Bertz CT molecular complexity index is 1820. The highest BCUT2D eigenvalue weighted by atomic mass is 32.1. The van der Waals surface area contributed by atoms with Gasteiger partial charge in [-0.05, 0) is 86.0 Å². The number of benzene rings is 3. The molecule has 6 rings (SSSR count). The highest BCUT2D eigenvalue weighted by Crippen LogP contribution is 2.34. The van der Waals surface area contributed by atoms with Crippen LogP contribution in [0.1, 0.15) is 37.5 Å². The number of aromatic nitrogens is 2. The van der Waals surface area contributed by atoms with Crippen LogP contribution in [0.15, 0.2) is 65.5 Å². The van der Waals surface area contributed by atoms with Gasteiger partial charge in [-0.1, -0.05) is 24.3 Å². The van der Waals surface area contributed by atoms with Crippen LogP contribution in [0.4, 0.5) is 11.4 Å². The number of hydrogen-bond acceptors (Lipinski definition) is 7. The van der Waals surface area contributed by atoms with Crippen LogP contribution in [0.5, 0.6) is 5.75 Å². The van der Waals surface area contributed by atoms with Gasteiger partial charge in [-0.2, -0.15) is 0 Å². The van der Waals surface area contributed by atoms with E-state index in [4.69, 9.17) is 15.5 Å². The highest BCUT2D eigenvalue weighted by Gasteiger charge is 2.22. The molecule has 8 nitrogen and oxygen atoms in total. The second-order valence-electron chi connectivity index (χ2n) is 10.6. The smallest absolute Gasteiger partial charge is 0.260 e. The summed E-state index contributed by atoms with van der Waals surface area (Å²) in [5.74, 6) is 1.13. The van der Waals surface area contributed by atoms with E-state index in [1.165, 1.54) is 4.88 Å². The number of H-pyrrole nitrogens is 1. The number of thiophene rings is 1. The molecule has 0 saturated carbocycles. The predicted octanol–water partition coefficient (Wildman–Crippen LogP) is 5.67. The van der Waals surface area contributed by atoms with E-state index in [2.05, 4.69) is 22.2 Å². The lowest BCUT2D eigenvalue weighted by atomic mass is 10.0. The standard InChI is InChI=1S/C32H31N5O3S/c1-18-14-22(29-35-31(39)27-23-12-13-37(3)16-26(23)41-32(27)36-29)15-19(2)28(18)40-17-20-8-10-21(11-9-20)30(38)34-25-7-5-4-6-24(25)33/h4-11,14-15H,12-13,16-17,33H2,1-3H3,(H,34,38)(H,35,36,39). The van der Waals surface area contributed by atoms with E-state index < -0.39 is 0 Å². The van der Waals surface area contributed by atoms with Gasteiger partial charge in [0.15, 0.2) is 0 Å². The van der Waals surface area contributed by atoms with Crippen molar-refractivity contribution >= 4 is 38.8 Å². The van der Waals surface area contributed by atoms with Crippen LogP contribution >= 0.6 is 11.3 Å². The van der Waals surface area contributed by atoms with Gasteiger partial charge in [0, 0.05) is 29.1 Å². The molecule has 1 aliphatic rings. The number of hydrogen-bond donors (Lipinski definition) is 3. The molecule has 4 N–H and O–H groups in total. The maximum absolute atomic E-state index is 13.1. The molecule has 0 radical (unpaired) electrons. The number of ether oxygens (including phenoxy) is 1. The Balaban J connectivity index is 1.17. The number of fused-ring (bicyclic) bond motifs is 3. The molecule has 2 aromatic heterocycles. The molecule has 0 atom stereocenters. The number of nitrogens with zero attached hydrogens (tertiary/aromatic N) is 2. The Labute approximate surface area is 241 Å². The summed E-state index contributed by atoms with van der Waals surface area (Å²) in [6.45, 7) is 6.14. The molecule has 0 unspecified atom stereocenters. The second-order valence-corrected chi connectivity index (χ2v) is 11.6. The van der Waals surface area contributed by atoms with Crippen molar-refractivity contribution < 1.29 is 9.53 Å². The van der Waals surface area contributed by atoms with Crippen molar-refractivity contribution in [1.29, 1.82) is 0 Å². The summed E-state index contributed by atoms with van der Waals surface area (Å²) in [5, 5.41) is 3.58. The number of aryl methyl sites for hydroxylation is 2. The van der Waals surface area contributed by atoms with E-state index in [0.717, 1.165) is 63.3 Å². The number of nitrogens with two attached hydrogens (primary N) is 1. The van der Waals surface area contributed by atoms with Gasteiger partial charge in [-0.3, -0.25) is 9.59 Å². The van der Waals surface area contributed by atoms with Crippen LogP contribution in [-0.2, 0) is 19.6 Å². The van der Waals surface area contributed by atoms with E-state index in [9.17, 15) is 9.59 Å². The van der Waals surface area contributed by atoms with E-state index in [1.807, 2.05) is 50.2 Å². The van der Waals surface area contributed by atoms with E-state index >= 15 is 0 Å².